The van der Waals surface area contributed by atoms with Gasteiger partial charge in [0.25, 0.3) is 0 Å². The van der Waals surface area contributed by atoms with Gasteiger partial charge in [0.05, 0.1) is 0 Å². The minimum Gasteiger partial charge on any atom is -0.314 e. The zero-order valence-corrected chi connectivity index (χ0v) is 12.1. The minimum atomic E-state index is 0.767. The molecular formula is C17H26N2. The normalized spacial score (nSPS) is 24.2. The molecule has 1 atom stereocenters. The molecule has 1 heterocycles. The van der Waals surface area contributed by atoms with Crippen LogP contribution in [-0.4, -0.2) is 37.6 Å². The molecule has 0 radical (unpaired) electrons. The number of hydrogen-bond donors (Lipinski definition) is 1. The lowest BCUT2D eigenvalue weighted by Gasteiger charge is -2.27. The molecule has 0 amide bonds. The van der Waals surface area contributed by atoms with Crippen molar-refractivity contribution in [3.8, 4) is 0 Å². The second-order valence-electron chi connectivity index (χ2n) is 6.17. The fourth-order valence-electron chi connectivity index (χ4n) is 3.46. The Bertz CT molecular complexity index is 421. The van der Waals surface area contributed by atoms with Crippen LogP contribution in [0.15, 0.2) is 18.2 Å². The molecule has 1 aliphatic carbocycles. The van der Waals surface area contributed by atoms with Crippen molar-refractivity contribution < 1.29 is 0 Å². The van der Waals surface area contributed by atoms with Crippen LogP contribution >= 0.6 is 0 Å². The Morgan fingerprint density at radius 3 is 2.95 bits per heavy atom. The van der Waals surface area contributed by atoms with Crippen LogP contribution in [0.2, 0.25) is 0 Å². The number of piperazine rings is 1. The standard InChI is InChI=1S/C17H26N2/c1-14-3-2-4-16-6-5-15(13-17(14)16)7-10-19-11-8-18-9-12-19/h5-6,13-14,18H,2-4,7-12H2,1H3. The quantitative estimate of drug-likeness (QED) is 0.896. The molecule has 0 saturated carbocycles. The molecule has 1 saturated heterocycles. The summed E-state index contributed by atoms with van der Waals surface area (Å²) in [5, 5.41) is 3.42. The lowest BCUT2D eigenvalue weighted by molar-refractivity contribution is 0.244. The van der Waals surface area contributed by atoms with E-state index in [4.69, 9.17) is 0 Å². The van der Waals surface area contributed by atoms with Gasteiger partial charge in [-0.2, -0.15) is 0 Å². The summed E-state index contributed by atoms with van der Waals surface area (Å²) in [5.74, 6) is 0.767. The Morgan fingerprint density at radius 1 is 1.26 bits per heavy atom. The van der Waals surface area contributed by atoms with Crippen molar-refractivity contribution in [2.24, 2.45) is 0 Å². The molecule has 0 aromatic heterocycles. The predicted molar refractivity (Wildman–Crippen MR) is 80.8 cm³/mol. The largest absolute Gasteiger partial charge is 0.314 e. The van der Waals surface area contributed by atoms with E-state index in [1.54, 1.807) is 11.1 Å². The van der Waals surface area contributed by atoms with Gasteiger partial charge in [-0.05, 0) is 48.3 Å². The maximum atomic E-state index is 3.42. The number of nitrogens with one attached hydrogen (secondary N) is 1. The number of benzene rings is 1. The van der Waals surface area contributed by atoms with Crippen LogP contribution in [0.4, 0.5) is 0 Å². The third-order valence-electron chi connectivity index (χ3n) is 4.75. The third-order valence-corrected chi connectivity index (χ3v) is 4.75. The first-order chi connectivity index (χ1) is 9.33. The van der Waals surface area contributed by atoms with Gasteiger partial charge in [0.15, 0.2) is 0 Å². The monoisotopic (exact) mass is 258 g/mol. The molecule has 19 heavy (non-hydrogen) atoms. The van der Waals surface area contributed by atoms with E-state index in [1.165, 1.54) is 50.9 Å². The third kappa shape index (κ3) is 3.18. The van der Waals surface area contributed by atoms with Crippen molar-refractivity contribution in [1.82, 2.24) is 10.2 Å². The number of rotatable bonds is 3. The molecule has 3 rings (SSSR count). The summed E-state index contributed by atoms with van der Waals surface area (Å²) in [4.78, 5) is 2.58. The number of fused-ring (bicyclic) bond motifs is 1. The van der Waals surface area contributed by atoms with Gasteiger partial charge in [-0.25, -0.2) is 0 Å². The molecule has 2 heteroatoms. The van der Waals surface area contributed by atoms with Crippen LogP contribution in [0.25, 0.3) is 0 Å². The Balaban J connectivity index is 1.63. The molecule has 0 spiro atoms. The van der Waals surface area contributed by atoms with Crippen LogP contribution in [0.1, 0.15) is 42.4 Å². The van der Waals surface area contributed by atoms with Crippen molar-refractivity contribution >= 4 is 0 Å². The number of nitrogens with zero attached hydrogens (tertiary/aromatic N) is 1. The van der Waals surface area contributed by atoms with Crippen LogP contribution in [0.3, 0.4) is 0 Å². The zero-order valence-electron chi connectivity index (χ0n) is 12.1. The molecule has 104 valence electrons. The maximum Gasteiger partial charge on any atom is 0.0108 e. The summed E-state index contributed by atoms with van der Waals surface area (Å²) in [5.41, 5.74) is 4.76. The van der Waals surface area contributed by atoms with Gasteiger partial charge in [-0.3, -0.25) is 0 Å². The van der Waals surface area contributed by atoms with E-state index in [0.717, 1.165) is 19.0 Å². The highest BCUT2D eigenvalue weighted by Crippen LogP contribution is 2.31. The van der Waals surface area contributed by atoms with E-state index < -0.39 is 0 Å². The van der Waals surface area contributed by atoms with Crippen LogP contribution in [0, 0.1) is 0 Å². The van der Waals surface area contributed by atoms with E-state index in [-0.39, 0.29) is 0 Å². The van der Waals surface area contributed by atoms with Crippen LogP contribution in [0.5, 0.6) is 0 Å². The smallest absolute Gasteiger partial charge is 0.0108 e. The minimum absolute atomic E-state index is 0.767. The molecule has 1 aromatic carbocycles. The molecule has 1 aliphatic heterocycles. The van der Waals surface area contributed by atoms with E-state index >= 15 is 0 Å². The molecule has 1 fully saturated rings. The van der Waals surface area contributed by atoms with Gasteiger partial charge in [0, 0.05) is 32.7 Å². The average Bonchev–Trinajstić information content (AvgIpc) is 2.47. The van der Waals surface area contributed by atoms with Gasteiger partial charge in [0.1, 0.15) is 0 Å². The lowest BCUT2D eigenvalue weighted by atomic mass is 9.83. The van der Waals surface area contributed by atoms with Crippen molar-refractivity contribution in [2.45, 2.75) is 38.5 Å². The van der Waals surface area contributed by atoms with Crippen LogP contribution in [-0.2, 0) is 12.8 Å². The second kappa shape index (κ2) is 6.06. The van der Waals surface area contributed by atoms with E-state index in [1.807, 2.05) is 0 Å². The van der Waals surface area contributed by atoms with E-state index in [2.05, 4.69) is 35.3 Å². The highest BCUT2D eigenvalue weighted by atomic mass is 15.2. The summed E-state index contributed by atoms with van der Waals surface area (Å²) in [6.45, 7) is 8.33. The molecule has 1 N–H and O–H groups in total. The molecule has 0 bridgehead atoms. The van der Waals surface area contributed by atoms with Crippen LogP contribution < -0.4 is 5.32 Å². The summed E-state index contributed by atoms with van der Waals surface area (Å²) < 4.78 is 0. The molecule has 1 aromatic rings. The molecular weight excluding hydrogens is 232 g/mol. The topological polar surface area (TPSA) is 15.3 Å². The van der Waals surface area contributed by atoms with Crippen molar-refractivity contribution in [2.75, 3.05) is 32.7 Å². The van der Waals surface area contributed by atoms with Gasteiger partial charge in [0.2, 0.25) is 0 Å². The average molecular weight is 258 g/mol. The number of aryl methyl sites for hydroxylation is 1. The van der Waals surface area contributed by atoms with Crippen molar-refractivity contribution in [3.05, 3.63) is 34.9 Å². The van der Waals surface area contributed by atoms with Gasteiger partial charge in [-0.1, -0.05) is 25.1 Å². The molecule has 2 aliphatic rings. The fourth-order valence-corrected chi connectivity index (χ4v) is 3.46. The predicted octanol–water partition coefficient (Wildman–Crippen LogP) is 2.57. The van der Waals surface area contributed by atoms with E-state index in [0.29, 0.717) is 0 Å². The van der Waals surface area contributed by atoms with Crippen molar-refractivity contribution in [1.29, 1.82) is 0 Å². The molecule has 2 nitrogen and oxygen atoms in total. The Hall–Kier alpha value is -0.860. The summed E-state index contributed by atoms with van der Waals surface area (Å²) >= 11 is 0. The number of hydrogen-bond acceptors (Lipinski definition) is 2. The fraction of sp³-hybridized carbons (Fsp3) is 0.647. The summed E-state index contributed by atoms with van der Waals surface area (Å²) in [6, 6.07) is 7.23. The highest BCUT2D eigenvalue weighted by molar-refractivity contribution is 5.36. The van der Waals surface area contributed by atoms with E-state index in [9.17, 15) is 0 Å². The van der Waals surface area contributed by atoms with Gasteiger partial charge < -0.3 is 10.2 Å². The van der Waals surface area contributed by atoms with Crippen molar-refractivity contribution in [3.63, 3.8) is 0 Å². The highest BCUT2D eigenvalue weighted by Gasteiger charge is 2.16. The maximum absolute atomic E-state index is 3.42. The second-order valence-corrected chi connectivity index (χ2v) is 6.17. The Labute approximate surface area is 117 Å². The van der Waals surface area contributed by atoms with Gasteiger partial charge >= 0.3 is 0 Å². The zero-order chi connectivity index (χ0) is 13.1. The summed E-state index contributed by atoms with van der Waals surface area (Å²) in [6.07, 6.45) is 5.24. The lowest BCUT2D eigenvalue weighted by Crippen LogP contribution is -2.44. The Morgan fingerprint density at radius 2 is 2.11 bits per heavy atom. The first-order valence-electron chi connectivity index (χ1n) is 7.88. The first kappa shape index (κ1) is 13.1. The summed E-state index contributed by atoms with van der Waals surface area (Å²) in [7, 11) is 0. The van der Waals surface area contributed by atoms with Gasteiger partial charge in [-0.15, -0.1) is 0 Å². The SMILES string of the molecule is CC1CCCc2ccc(CCN3CCNCC3)cc21. The Kier molecular flexibility index (Phi) is 4.19. The molecule has 1 unspecified atom stereocenters. The first-order valence-corrected chi connectivity index (χ1v) is 7.88.